The number of hydrogen-bond donors (Lipinski definition) is 2. The molecular formula is C23H23N5O7. The van der Waals surface area contributed by atoms with Gasteiger partial charge in [-0.1, -0.05) is 38.0 Å². The highest BCUT2D eigenvalue weighted by Crippen LogP contribution is 2.18. The Kier molecular flexibility index (Phi) is 7.87. The van der Waals surface area contributed by atoms with Gasteiger partial charge < -0.3 is 4.74 Å². The van der Waals surface area contributed by atoms with Gasteiger partial charge in [-0.25, -0.2) is 9.48 Å². The van der Waals surface area contributed by atoms with Gasteiger partial charge in [0.25, 0.3) is 23.1 Å². The second-order valence-corrected chi connectivity index (χ2v) is 7.56. The number of hydrogen-bond acceptors (Lipinski definition) is 8. The van der Waals surface area contributed by atoms with E-state index in [0.29, 0.717) is 23.7 Å². The summed E-state index contributed by atoms with van der Waals surface area (Å²) in [5.41, 5.74) is 3.01. The monoisotopic (exact) mass is 481 g/mol. The van der Waals surface area contributed by atoms with Crippen molar-refractivity contribution in [3.63, 3.8) is 0 Å². The molecule has 0 saturated carbocycles. The zero-order valence-electron chi connectivity index (χ0n) is 19.1. The van der Waals surface area contributed by atoms with Crippen molar-refractivity contribution >= 4 is 34.2 Å². The lowest BCUT2D eigenvalue weighted by atomic mass is 10.1. The first kappa shape index (κ1) is 25.0. The van der Waals surface area contributed by atoms with E-state index < -0.39 is 28.4 Å². The molecule has 1 heterocycles. The Labute approximate surface area is 199 Å². The van der Waals surface area contributed by atoms with E-state index >= 15 is 0 Å². The molecule has 12 heteroatoms. The molecule has 3 rings (SSSR count). The molecule has 0 saturated heterocycles. The van der Waals surface area contributed by atoms with Crippen molar-refractivity contribution in [1.29, 1.82) is 0 Å². The number of amides is 2. The van der Waals surface area contributed by atoms with Crippen molar-refractivity contribution in [3.8, 4) is 0 Å². The first-order valence-electron chi connectivity index (χ1n) is 10.7. The van der Waals surface area contributed by atoms with Crippen LogP contribution in [0.1, 0.15) is 57.4 Å². The van der Waals surface area contributed by atoms with Gasteiger partial charge in [-0.05, 0) is 18.6 Å². The lowest BCUT2D eigenvalue weighted by Crippen LogP contribution is -2.43. The van der Waals surface area contributed by atoms with E-state index in [9.17, 15) is 29.3 Å². The Balaban J connectivity index is 1.87. The zero-order valence-corrected chi connectivity index (χ0v) is 19.1. The highest BCUT2D eigenvalue weighted by molar-refractivity contribution is 6.06. The molecule has 0 bridgehead atoms. The number of nitrogens with zero attached hydrogens (tertiary/aromatic N) is 3. The molecule has 2 amide bonds. The van der Waals surface area contributed by atoms with Gasteiger partial charge in [-0.3, -0.25) is 35.3 Å². The maximum absolute atomic E-state index is 12.9. The topological polar surface area (TPSA) is 163 Å². The van der Waals surface area contributed by atoms with Crippen molar-refractivity contribution in [2.45, 2.75) is 32.7 Å². The second kappa shape index (κ2) is 11.0. The number of benzene rings is 2. The van der Waals surface area contributed by atoms with Gasteiger partial charge in [0.15, 0.2) is 5.69 Å². The quantitative estimate of drug-likeness (QED) is 0.214. The Morgan fingerprint density at radius 1 is 1.03 bits per heavy atom. The van der Waals surface area contributed by atoms with Crippen LogP contribution in [0.2, 0.25) is 0 Å². The number of hydrazine groups is 1. The number of nitrogens with one attached hydrogen (secondary N) is 2. The van der Waals surface area contributed by atoms with Crippen LogP contribution in [0.3, 0.4) is 0 Å². The van der Waals surface area contributed by atoms with Crippen molar-refractivity contribution in [2.75, 3.05) is 7.11 Å². The van der Waals surface area contributed by atoms with E-state index in [1.807, 2.05) is 6.92 Å². The number of aromatic nitrogens is 2. The average Bonchev–Trinajstić information content (AvgIpc) is 2.87. The molecule has 0 atom stereocenters. The number of esters is 1. The van der Waals surface area contributed by atoms with Gasteiger partial charge in [0.05, 0.1) is 23.0 Å². The number of carbonyl (C=O) groups excluding carboxylic acids is 3. The normalized spacial score (nSPS) is 10.6. The van der Waals surface area contributed by atoms with E-state index in [-0.39, 0.29) is 22.4 Å². The minimum Gasteiger partial charge on any atom is -0.465 e. The number of unbranched alkanes of at least 4 members (excludes halogenated alkanes) is 2. The van der Waals surface area contributed by atoms with Gasteiger partial charge in [0.1, 0.15) is 0 Å². The summed E-state index contributed by atoms with van der Waals surface area (Å²) in [7, 11) is 1.10. The first-order valence-corrected chi connectivity index (χ1v) is 10.7. The number of rotatable bonds is 8. The number of ether oxygens (including phenoxy) is 1. The van der Waals surface area contributed by atoms with Gasteiger partial charge in [0.2, 0.25) is 0 Å². The van der Waals surface area contributed by atoms with Gasteiger partial charge in [0, 0.05) is 29.6 Å². The molecule has 3 aromatic rings. The fourth-order valence-electron chi connectivity index (χ4n) is 3.39. The van der Waals surface area contributed by atoms with Crippen LogP contribution >= 0.6 is 0 Å². The summed E-state index contributed by atoms with van der Waals surface area (Å²) in [6.45, 7) is 2.35. The molecule has 0 unspecified atom stereocenters. The molecule has 0 aliphatic carbocycles. The number of aryl methyl sites for hydroxylation is 1. The Morgan fingerprint density at radius 2 is 1.69 bits per heavy atom. The van der Waals surface area contributed by atoms with E-state index in [1.165, 1.54) is 4.68 Å². The molecule has 1 aromatic heterocycles. The van der Waals surface area contributed by atoms with Crippen molar-refractivity contribution in [2.24, 2.45) is 0 Å². The summed E-state index contributed by atoms with van der Waals surface area (Å²) < 4.78 is 5.78. The molecule has 12 nitrogen and oxygen atoms in total. The van der Waals surface area contributed by atoms with Crippen molar-refractivity contribution in [1.82, 2.24) is 20.6 Å². The Bertz CT molecular complexity index is 1370. The SMILES string of the molecule is CCCCCn1nc(C(=O)NNC(=O)c2cc(C(=O)OC)cc([N+](=O)[O-])c2)c2ccccc2c1=O. The van der Waals surface area contributed by atoms with Crippen LogP contribution in [0.5, 0.6) is 0 Å². The van der Waals surface area contributed by atoms with Crippen LogP contribution < -0.4 is 16.4 Å². The van der Waals surface area contributed by atoms with Crippen molar-refractivity contribution in [3.05, 3.63) is 79.8 Å². The predicted molar refractivity (Wildman–Crippen MR) is 125 cm³/mol. The second-order valence-electron chi connectivity index (χ2n) is 7.56. The lowest BCUT2D eigenvalue weighted by molar-refractivity contribution is -0.384. The molecule has 0 spiro atoms. The molecule has 0 aliphatic heterocycles. The Morgan fingerprint density at radius 3 is 2.34 bits per heavy atom. The largest absolute Gasteiger partial charge is 0.465 e. The third-order valence-electron chi connectivity index (χ3n) is 5.16. The number of non-ortho nitro benzene ring substituents is 1. The zero-order chi connectivity index (χ0) is 25.5. The average molecular weight is 481 g/mol. The molecular weight excluding hydrogens is 458 g/mol. The van der Waals surface area contributed by atoms with Crippen LogP contribution in [-0.4, -0.2) is 39.6 Å². The summed E-state index contributed by atoms with van der Waals surface area (Å²) in [6.07, 6.45) is 2.53. The maximum atomic E-state index is 12.9. The number of methoxy groups -OCH3 is 1. The van der Waals surface area contributed by atoms with Gasteiger partial charge in [-0.2, -0.15) is 5.10 Å². The molecule has 182 valence electrons. The molecule has 0 aliphatic rings. The van der Waals surface area contributed by atoms with Crippen LogP contribution in [0.15, 0.2) is 47.3 Å². The number of nitro benzene ring substituents is 1. The minimum atomic E-state index is -0.909. The summed E-state index contributed by atoms with van der Waals surface area (Å²) >= 11 is 0. The number of nitro groups is 1. The molecule has 2 N–H and O–H groups in total. The van der Waals surface area contributed by atoms with Crippen LogP contribution in [0.4, 0.5) is 5.69 Å². The molecule has 35 heavy (non-hydrogen) atoms. The van der Waals surface area contributed by atoms with Gasteiger partial charge in [-0.15, -0.1) is 0 Å². The van der Waals surface area contributed by atoms with E-state index in [0.717, 1.165) is 38.2 Å². The van der Waals surface area contributed by atoms with Crippen LogP contribution in [0, 0.1) is 10.1 Å². The Hall–Kier alpha value is -4.61. The minimum absolute atomic E-state index is 0.0775. The molecule has 2 aromatic carbocycles. The fraction of sp³-hybridized carbons (Fsp3) is 0.261. The first-order chi connectivity index (χ1) is 16.8. The predicted octanol–water partition coefficient (Wildman–Crippen LogP) is 2.36. The van der Waals surface area contributed by atoms with E-state index in [2.05, 4.69) is 20.7 Å². The lowest BCUT2D eigenvalue weighted by Gasteiger charge is -2.12. The molecule has 0 fully saturated rings. The summed E-state index contributed by atoms with van der Waals surface area (Å²) in [4.78, 5) is 60.5. The van der Waals surface area contributed by atoms with Crippen molar-refractivity contribution < 1.29 is 24.0 Å². The standard InChI is InChI=1S/C23H23N5O7/c1-3-4-7-10-27-22(31)18-9-6-5-8-17(18)19(26-27)21(30)25-24-20(29)14-11-15(23(32)35-2)13-16(12-14)28(33)34/h5-6,8-9,11-13H,3-4,7,10H2,1-2H3,(H,24,29)(H,25,30). The third-order valence-corrected chi connectivity index (χ3v) is 5.16. The summed E-state index contributed by atoms with van der Waals surface area (Å²) in [6, 6.07) is 9.50. The highest BCUT2D eigenvalue weighted by atomic mass is 16.6. The van der Waals surface area contributed by atoms with Gasteiger partial charge >= 0.3 is 5.97 Å². The highest BCUT2D eigenvalue weighted by Gasteiger charge is 2.20. The third kappa shape index (κ3) is 5.66. The maximum Gasteiger partial charge on any atom is 0.338 e. The summed E-state index contributed by atoms with van der Waals surface area (Å²) in [5.74, 6) is -2.57. The fourth-order valence-corrected chi connectivity index (χ4v) is 3.39. The van der Waals surface area contributed by atoms with Crippen LogP contribution in [0.25, 0.3) is 10.8 Å². The van der Waals surface area contributed by atoms with E-state index in [1.54, 1.807) is 24.3 Å². The number of carbonyl (C=O) groups is 3. The molecule has 0 radical (unpaired) electrons. The van der Waals surface area contributed by atoms with Crippen LogP contribution in [-0.2, 0) is 11.3 Å². The number of fused-ring (bicyclic) bond motifs is 1. The smallest absolute Gasteiger partial charge is 0.338 e. The van der Waals surface area contributed by atoms with E-state index in [4.69, 9.17) is 0 Å². The summed E-state index contributed by atoms with van der Waals surface area (Å²) in [5, 5.41) is 16.0.